The second-order valence-corrected chi connectivity index (χ2v) is 9.01. The lowest BCUT2D eigenvalue weighted by Crippen LogP contribution is -2.37. The molecule has 0 aromatic carbocycles. The van der Waals surface area contributed by atoms with E-state index in [1.54, 1.807) is 11.3 Å². The van der Waals surface area contributed by atoms with Crippen LogP contribution in [0.3, 0.4) is 0 Å². The van der Waals surface area contributed by atoms with Gasteiger partial charge in [-0.3, -0.25) is 9.59 Å². The van der Waals surface area contributed by atoms with Crippen LogP contribution < -0.4 is 10.9 Å². The molecule has 2 N–H and O–H groups in total. The molecule has 0 aliphatic heterocycles. The maximum absolute atomic E-state index is 12.5. The van der Waals surface area contributed by atoms with E-state index < -0.39 is 0 Å². The predicted molar refractivity (Wildman–Crippen MR) is 105 cm³/mol. The molecule has 2 heterocycles. The summed E-state index contributed by atoms with van der Waals surface area (Å²) in [4.78, 5) is 34.5. The lowest BCUT2D eigenvalue weighted by atomic mass is 9.87. The molecule has 0 radical (unpaired) electrons. The average molecular weight is 374 g/mol. The van der Waals surface area contributed by atoms with Crippen LogP contribution in [0.15, 0.2) is 4.79 Å². The minimum atomic E-state index is -0.0360. The Hall–Kier alpha value is -1.69. The normalized spacial score (nSPS) is 23.0. The number of fused-ring (bicyclic) bond motifs is 3. The lowest BCUT2D eigenvalue weighted by molar-refractivity contribution is -0.122. The van der Waals surface area contributed by atoms with Crippen LogP contribution >= 0.6 is 11.3 Å². The molecule has 1 amide bonds. The van der Waals surface area contributed by atoms with E-state index >= 15 is 0 Å². The molecule has 2 aromatic heterocycles. The van der Waals surface area contributed by atoms with Gasteiger partial charge in [0.25, 0.3) is 5.56 Å². The number of thiophene rings is 1. The molecule has 5 nitrogen and oxygen atoms in total. The number of carbonyl (C=O) groups is 1. The number of carbonyl (C=O) groups excluding carboxylic acids is 1. The van der Waals surface area contributed by atoms with Crippen LogP contribution in [0.5, 0.6) is 0 Å². The summed E-state index contributed by atoms with van der Waals surface area (Å²) in [6.45, 7) is 2.28. The van der Waals surface area contributed by atoms with Crippen LogP contribution in [0, 0.1) is 5.92 Å². The number of nitrogens with zero attached hydrogens (tertiary/aromatic N) is 1. The van der Waals surface area contributed by atoms with Gasteiger partial charge in [-0.25, -0.2) is 4.98 Å². The molecule has 6 heteroatoms. The Labute approximate surface area is 157 Å². The lowest BCUT2D eigenvalue weighted by Gasteiger charge is -2.26. The third-order valence-corrected chi connectivity index (χ3v) is 7.03. The van der Waals surface area contributed by atoms with E-state index in [-0.39, 0.29) is 11.5 Å². The van der Waals surface area contributed by atoms with Gasteiger partial charge in [0.1, 0.15) is 10.7 Å². The second kappa shape index (κ2) is 7.51. The van der Waals surface area contributed by atoms with Crippen molar-refractivity contribution >= 4 is 27.5 Å². The summed E-state index contributed by atoms with van der Waals surface area (Å²) < 4.78 is 0. The fourth-order valence-corrected chi connectivity index (χ4v) is 5.54. The zero-order valence-corrected chi connectivity index (χ0v) is 16.2. The summed E-state index contributed by atoms with van der Waals surface area (Å²) in [6, 6.07) is 0.317. The third kappa shape index (κ3) is 3.70. The van der Waals surface area contributed by atoms with Crippen molar-refractivity contribution in [1.82, 2.24) is 15.3 Å². The van der Waals surface area contributed by atoms with E-state index in [2.05, 4.69) is 22.2 Å². The molecule has 2 aliphatic rings. The van der Waals surface area contributed by atoms with Gasteiger partial charge in [-0.15, -0.1) is 11.3 Å². The fourth-order valence-electron chi connectivity index (χ4n) is 4.26. The Morgan fingerprint density at radius 3 is 2.81 bits per heavy atom. The van der Waals surface area contributed by atoms with Crippen molar-refractivity contribution in [3.05, 3.63) is 26.6 Å². The van der Waals surface area contributed by atoms with Crippen molar-refractivity contribution in [1.29, 1.82) is 0 Å². The molecule has 140 valence electrons. The highest BCUT2D eigenvalue weighted by Gasteiger charge is 2.21. The van der Waals surface area contributed by atoms with Crippen LogP contribution in [0.4, 0.5) is 0 Å². The molecular formula is C20H27N3O2S. The Morgan fingerprint density at radius 2 is 2.00 bits per heavy atom. The Kier molecular flexibility index (Phi) is 5.11. The number of aromatic nitrogens is 2. The van der Waals surface area contributed by atoms with Crippen LogP contribution in [0.1, 0.15) is 68.1 Å². The molecule has 0 atom stereocenters. The van der Waals surface area contributed by atoms with Crippen LogP contribution in [0.2, 0.25) is 0 Å². The second-order valence-electron chi connectivity index (χ2n) is 7.93. The first-order valence-electron chi connectivity index (χ1n) is 9.93. The molecule has 1 saturated carbocycles. The highest BCUT2D eigenvalue weighted by Crippen LogP contribution is 2.33. The van der Waals surface area contributed by atoms with E-state index in [1.165, 1.54) is 29.7 Å². The summed E-state index contributed by atoms with van der Waals surface area (Å²) in [7, 11) is 0. The molecule has 26 heavy (non-hydrogen) atoms. The Morgan fingerprint density at radius 1 is 1.23 bits per heavy atom. The van der Waals surface area contributed by atoms with Crippen molar-refractivity contribution in [3.63, 3.8) is 0 Å². The Bertz CT molecular complexity index is 862. The Balaban J connectivity index is 1.41. The molecular weight excluding hydrogens is 346 g/mol. The molecule has 4 rings (SSSR count). The van der Waals surface area contributed by atoms with Crippen LogP contribution in [0.25, 0.3) is 10.2 Å². The summed E-state index contributed by atoms with van der Waals surface area (Å²) >= 11 is 1.66. The van der Waals surface area contributed by atoms with Gasteiger partial charge in [-0.05, 0) is 62.8 Å². The van der Waals surface area contributed by atoms with E-state index in [0.29, 0.717) is 24.7 Å². The molecule has 0 saturated heterocycles. The predicted octanol–water partition coefficient (Wildman–Crippen LogP) is 3.49. The van der Waals surface area contributed by atoms with E-state index in [1.807, 2.05) is 0 Å². The SMILES string of the molecule is CC1CCC(NC(=O)CCc2nc3sc4c(c3c(=O)[nH]2)CCCC4)CC1. The van der Waals surface area contributed by atoms with Gasteiger partial charge in [0.05, 0.1) is 5.39 Å². The van der Waals surface area contributed by atoms with Gasteiger partial charge in [0.2, 0.25) is 5.91 Å². The third-order valence-electron chi connectivity index (χ3n) is 5.84. The number of hydrogen-bond donors (Lipinski definition) is 2. The highest BCUT2D eigenvalue weighted by molar-refractivity contribution is 7.18. The molecule has 2 aliphatic carbocycles. The molecule has 0 spiro atoms. The summed E-state index contributed by atoms with van der Waals surface area (Å²) in [5.41, 5.74) is 1.17. The van der Waals surface area contributed by atoms with Gasteiger partial charge >= 0.3 is 0 Å². The average Bonchev–Trinajstić information content (AvgIpc) is 3.01. The van der Waals surface area contributed by atoms with Gasteiger partial charge in [0.15, 0.2) is 0 Å². The standard InChI is InChI=1S/C20H27N3O2S/c1-12-6-8-13(9-7-12)21-17(24)11-10-16-22-19(25)18-14-4-2-3-5-15(14)26-20(18)23-16/h12-13H,2-11H2,1H3,(H,21,24)(H,22,23,25). The largest absolute Gasteiger partial charge is 0.353 e. The zero-order chi connectivity index (χ0) is 18.1. The first kappa shape index (κ1) is 17.7. The summed E-state index contributed by atoms with van der Waals surface area (Å²) in [6.07, 6.45) is 9.82. The van der Waals surface area contributed by atoms with Crippen LogP contribution in [-0.2, 0) is 24.1 Å². The molecule has 1 fully saturated rings. The summed E-state index contributed by atoms with van der Waals surface area (Å²) in [5.74, 6) is 1.48. The number of aromatic amines is 1. The number of H-pyrrole nitrogens is 1. The van der Waals surface area contributed by atoms with E-state index in [0.717, 1.165) is 48.2 Å². The smallest absolute Gasteiger partial charge is 0.259 e. The number of amides is 1. The minimum absolute atomic E-state index is 0.0360. The van der Waals surface area contributed by atoms with Gasteiger partial charge < -0.3 is 10.3 Å². The van der Waals surface area contributed by atoms with Crippen molar-refractivity contribution in [2.75, 3.05) is 0 Å². The quantitative estimate of drug-likeness (QED) is 0.861. The molecule has 2 aromatic rings. The monoisotopic (exact) mass is 373 g/mol. The first-order chi connectivity index (χ1) is 12.6. The minimum Gasteiger partial charge on any atom is -0.353 e. The van der Waals surface area contributed by atoms with Crippen molar-refractivity contribution in [2.45, 2.75) is 77.2 Å². The van der Waals surface area contributed by atoms with Crippen molar-refractivity contribution < 1.29 is 4.79 Å². The summed E-state index contributed by atoms with van der Waals surface area (Å²) in [5, 5.41) is 3.93. The topological polar surface area (TPSA) is 74.8 Å². The van der Waals surface area contributed by atoms with E-state index in [9.17, 15) is 9.59 Å². The zero-order valence-electron chi connectivity index (χ0n) is 15.4. The molecule has 0 unspecified atom stereocenters. The van der Waals surface area contributed by atoms with Crippen molar-refractivity contribution in [3.8, 4) is 0 Å². The fraction of sp³-hybridized carbons (Fsp3) is 0.650. The first-order valence-corrected chi connectivity index (χ1v) is 10.7. The van der Waals surface area contributed by atoms with Gasteiger partial charge in [-0.2, -0.15) is 0 Å². The van der Waals surface area contributed by atoms with Gasteiger partial charge in [-0.1, -0.05) is 6.92 Å². The maximum atomic E-state index is 12.5. The number of aryl methyl sites for hydroxylation is 3. The number of rotatable bonds is 4. The maximum Gasteiger partial charge on any atom is 0.259 e. The van der Waals surface area contributed by atoms with Crippen LogP contribution in [-0.4, -0.2) is 21.9 Å². The number of hydrogen-bond acceptors (Lipinski definition) is 4. The van der Waals surface area contributed by atoms with E-state index in [4.69, 9.17) is 0 Å². The molecule has 0 bridgehead atoms. The number of nitrogens with one attached hydrogen (secondary N) is 2. The highest BCUT2D eigenvalue weighted by atomic mass is 32.1. The van der Waals surface area contributed by atoms with Gasteiger partial charge in [0, 0.05) is 23.8 Å². The van der Waals surface area contributed by atoms with Crippen molar-refractivity contribution in [2.24, 2.45) is 5.92 Å².